The molecule has 1 aliphatic heterocycles. The van der Waals surface area contributed by atoms with Crippen LogP contribution in [0.25, 0.3) is 0 Å². The lowest BCUT2D eigenvalue weighted by molar-refractivity contribution is 0.532. The Morgan fingerprint density at radius 1 is 1.19 bits per heavy atom. The van der Waals surface area contributed by atoms with Crippen LogP contribution in [0.1, 0.15) is 47.1 Å². The molecule has 0 amide bonds. The summed E-state index contributed by atoms with van der Waals surface area (Å²) in [6.45, 7) is 18.6. The van der Waals surface area contributed by atoms with Gasteiger partial charge in [-0.3, -0.25) is 5.32 Å². The Hall–Kier alpha value is -0.930. The first-order valence-electron chi connectivity index (χ1n) is 7.90. The molecule has 0 unspecified atom stereocenters. The average Bonchev–Trinajstić information content (AvgIpc) is 2.86. The summed E-state index contributed by atoms with van der Waals surface area (Å²) in [5.74, 6) is 1.07. The first-order valence-corrected chi connectivity index (χ1v) is 8.89. The van der Waals surface area contributed by atoms with Crippen LogP contribution in [0, 0.1) is 6.92 Å². The van der Waals surface area contributed by atoms with Crippen LogP contribution in [-0.4, -0.2) is 16.7 Å². The maximum absolute atomic E-state index is 4.13. The number of aryl methyl sites for hydroxylation is 1. The van der Waals surface area contributed by atoms with Crippen molar-refractivity contribution in [2.45, 2.75) is 59.4 Å². The van der Waals surface area contributed by atoms with Gasteiger partial charge in [-0.15, -0.1) is 11.8 Å². The Labute approximate surface area is 135 Å². The summed E-state index contributed by atoms with van der Waals surface area (Å²) in [5.41, 5.74) is 3.43. The lowest BCUT2D eigenvalue weighted by Crippen LogP contribution is -2.38. The molecular formula is C18H32N2S. The number of anilines is 1. The molecule has 1 aliphatic rings. The molecule has 2 rings (SSSR count). The molecule has 1 fully saturated rings. The van der Waals surface area contributed by atoms with Crippen LogP contribution >= 0.6 is 11.8 Å². The van der Waals surface area contributed by atoms with E-state index in [1.807, 2.05) is 39.5 Å². The summed E-state index contributed by atoms with van der Waals surface area (Å²) >= 11 is 1.94. The van der Waals surface area contributed by atoms with Crippen molar-refractivity contribution in [3.05, 3.63) is 42.1 Å². The van der Waals surface area contributed by atoms with Gasteiger partial charge in [-0.1, -0.05) is 52.0 Å². The van der Waals surface area contributed by atoms with Crippen LogP contribution < -0.4 is 10.6 Å². The molecule has 1 atom stereocenters. The molecule has 1 aromatic carbocycles. The minimum atomic E-state index is 0.155. The molecule has 2 N–H and O–H groups in total. The lowest BCUT2D eigenvalue weighted by Gasteiger charge is -2.21. The number of benzene rings is 1. The molecule has 0 saturated carbocycles. The van der Waals surface area contributed by atoms with Crippen molar-refractivity contribution in [3.63, 3.8) is 0 Å². The Morgan fingerprint density at radius 3 is 2.14 bits per heavy atom. The van der Waals surface area contributed by atoms with Gasteiger partial charge in [0.15, 0.2) is 0 Å². The molecule has 21 heavy (non-hydrogen) atoms. The lowest BCUT2D eigenvalue weighted by atomic mass is 10.2. The normalized spacial score (nSPS) is 18.7. The predicted molar refractivity (Wildman–Crippen MR) is 100 cm³/mol. The molecule has 0 aliphatic carbocycles. The van der Waals surface area contributed by atoms with Gasteiger partial charge in [-0.05, 0) is 32.9 Å². The molecule has 0 aromatic heterocycles. The Balaban J connectivity index is 0.000000921. The highest BCUT2D eigenvalue weighted by Gasteiger charge is 2.31. The number of hydrogen-bond acceptors (Lipinski definition) is 3. The highest BCUT2D eigenvalue weighted by molar-refractivity contribution is 8.00. The molecule has 0 radical (unpaired) electrons. The van der Waals surface area contributed by atoms with Crippen molar-refractivity contribution in [1.82, 2.24) is 5.32 Å². The van der Waals surface area contributed by atoms with Crippen molar-refractivity contribution in [2.75, 3.05) is 11.1 Å². The topological polar surface area (TPSA) is 24.1 Å². The maximum Gasteiger partial charge on any atom is 0.0594 e. The molecule has 1 heterocycles. The summed E-state index contributed by atoms with van der Waals surface area (Å²) in [6.07, 6.45) is 0. The van der Waals surface area contributed by atoms with Gasteiger partial charge in [-0.2, -0.15) is 0 Å². The van der Waals surface area contributed by atoms with Crippen LogP contribution in [0.2, 0.25) is 0 Å². The van der Waals surface area contributed by atoms with E-state index in [2.05, 4.69) is 62.2 Å². The predicted octanol–water partition coefficient (Wildman–Crippen LogP) is 5.41. The fourth-order valence-corrected chi connectivity index (χ4v) is 2.99. The van der Waals surface area contributed by atoms with Gasteiger partial charge in [0, 0.05) is 17.1 Å². The van der Waals surface area contributed by atoms with E-state index in [1.165, 1.54) is 5.56 Å². The third kappa shape index (κ3) is 7.05. The van der Waals surface area contributed by atoms with E-state index in [9.17, 15) is 0 Å². The van der Waals surface area contributed by atoms with Gasteiger partial charge in [0.1, 0.15) is 0 Å². The SMILES string of the molecule is C=C(Nc1ccc(C)cc1)[C@@H]1CSC(C)(C)N1.CC.CC. The van der Waals surface area contributed by atoms with Gasteiger partial charge in [0.05, 0.1) is 10.9 Å². The van der Waals surface area contributed by atoms with Crippen molar-refractivity contribution in [2.24, 2.45) is 0 Å². The highest BCUT2D eigenvalue weighted by atomic mass is 32.2. The van der Waals surface area contributed by atoms with E-state index in [-0.39, 0.29) is 4.87 Å². The summed E-state index contributed by atoms with van der Waals surface area (Å²) in [4.78, 5) is 0.155. The Kier molecular flexibility index (Phi) is 9.47. The second-order valence-electron chi connectivity index (χ2n) is 5.03. The van der Waals surface area contributed by atoms with Gasteiger partial charge < -0.3 is 5.32 Å². The van der Waals surface area contributed by atoms with Crippen molar-refractivity contribution in [1.29, 1.82) is 0 Å². The maximum atomic E-state index is 4.13. The van der Waals surface area contributed by atoms with Crippen LogP contribution in [0.15, 0.2) is 36.5 Å². The van der Waals surface area contributed by atoms with Crippen LogP contribution in [0.5, 0.6) is 0 Å². The van der Waals surface area contributed by atoms with E-state index in [0.29, 0.717) is 6.04 Å². The summed E-state index contributed by atoms with van der Waals surface area (Å²) < 4.78 is 0. The molecule has 120 valence electrons. The van der Waals surface area contributed by atoms with Gasteiger partial charge >= 0.3 is 0 Å². The molecule has 3 heteroatoms. The summed E-state index contributed by atoms with van der Waals surface area (Å²) in [7, 11) is 0. The highest BCUT2D eigenvalue weighted by Crippen LogP contribution is 2.31. The van der Waals surface area contributed by atoms with E-state index in [1.54, 1.807) is 0 Å². The molecule has 1 saturated heterocycles. The second-order valence-corrected chi connectivity index (χ2v) is 6.68. The zero-order valence-corrected chi connectivity index (χ0v) is 15.5. The molecular weight excluding hydrogens is 276 g/mol. The van der Waals surface area contributed by atoms with Gasteiger partial charge in [0.25, 0.3) is 0 Å². The Bertz CT molecular complexity index is 410. The van der Waals surface area contributed by atoms with Gasteiger partial charge in [-0.25, -0.2) is 0 Å². The van der Waals surface area contributed by atoms with Gasteiger partial charge in [0.2, 0.25) is 0 Å². The van der Waals surface area contributed by atoms with E-state index in [0.717, 1.165) is 17.1 Å². The monoisotopic (exact) mass is 308 g/mol. The minimum Gasteiger partial charge on any atom is -0.358 e. The molecule has 1 aromatic rings. The quantitative estimate of drug-likeness (QED) is 0.780. The second kappa shape index (κ2) is 9.91. The zero-order valence-electron chi connectivity index (χ0n) is 14.7. The zero-order chi connectivity index (χ0) is 16.5. The van der Waals surface area contributed by atoms with E-state index < -0.39 is 0 Å². The first-order chi connectivity index (χ1) is 9.96. The van der Waals surface area contributed by atoms with E-state index in [4.69, 9.17) is 0 Å². The Morgan fingerprint density at radius 2 is 1.71 bits per heavy atom. The van der Waals surface area contributed by atoms with Crippen molar-refractivity contribution in [3.8, 4) is 0 Å². The first kappa shape index (κ1) is 20.1. The number of thioether (sulfide) groups is 1. The molecule has 0 spiro atoms. The number of rotatable bonds is 3. The van der Waals surface area contributed by atoms with Crippen LogP contribution in [0.3, 0.4) is 0 Å². The summed E-state index contributed by atoms with van der Waals surface area (Å²) in [5, 5.41) is 6.94. The minimum absolute atomic E-state index is 0.155. The fourth-order valence-electron chi connectivity index (χ4n) is 1.89. The average molecular weight is 309 g/mol. The van der Waals surface area contributed by atoms with Crippen LogP contribution in [0.4, 0.5) is 5.69 Å². The largest absolute Gasteiger partial charge is 0.358 e. The molecule has 2 nitrogen and oxygen atoms in total. The van der Waals surface area contributed by atoms with Crippen molar-refractivity contribution < 1.29 is 0 Å². The number of hydrogen-bond donors (Lipinski definition) is 2. The standard InChI is InChI=1S/C14H20N2S.2C2H6/c1-10-5-7-12(8-6-10)15-11(2)13-9-17-14(3,4)16-13;2*1-2/h5-8,13,15-16H,2,9H2,1,3-4H3;2*1-2H3/t13-;;/m0../s1. The smallest absolute Gasteiger partial charge is 0.0594 e. The van der Waals surface area contributed by atoms with E-state index >= 15 is 0 Å². The fraction of sp³-hybridized carbons (Fsp3) is 0.556. The van der Waals surface area contributed by atoms with Crippen LogP contribution in [-0.2, 0) is 0 Å². The summed E-state index contributed by atoms with van der Waals surface area (Å²) in [6, 6.07) is 8.74. The molecule has 0 bridgehead atoms. The third-order valence-corrected chi connectivity index (χ3v) is 4.25. The number of nitrogens with one attached hydrogen (secondary N) is 2. The van der Waals surface area contributed by atoms with Crippen molar-refractivity contribution >= 4 is 17.4 Å². The third-order valence-electron chi connectivity index (χ3n) is 2.91.